The van der Waals surface area contributed by atoms with Gasteiger partial charge in [-0.25, -0.2) is 5.43 Å². The topological polar surface area (TPSA) is 100 Å². The van der Waals surface area contributed by atoms with Gasteiger partial charge in [0.15, 0.2) is 11.5 Å². The summed E-state index contributed by atoms with van der Waals surface area (Å²) in [6, 6.07) is 11.5. The number of benzene rings is 2. The quantitative estimate of drug-likeness (QED) is 0.409. The molecule has 0 aliphatic heterocycles. The van der Waals surface area contributed by atoms with E-state index in [1.165, 1.54) is 12.3 Å². The molecule has 0 aliphatic rings. The maximum atomic E-state index is 11.7. The molecule has 0 atom stereocenters. The molecule has 0 fully saturated rings. The van der Waals surface area contributed by atoms with Gasteiger partial charge in [-0.2, -0.15) is 5.10 Å². The number of aromatic hydroxyl groups is 1. The second kappa shape index (κ2) is 9.43. The number of hydrogen-bond donors (Lipinski definition) is 3. The Labute approximate surface area is 155 Å². The molecule has 7 nitrogen and oxygen atoms in total. The zero-order valence-electron chi connectivity index (χ0n) is 14.0. The fraction of sp³-hybridized carbons (Fsp3) is 0.167. The van der Waals surface area contributed by atoms with Crippen molar-refractivity contribution in [2.45, 2.75) is 13.5 Å². The number of rotatable bonds is 6. The molecule has 0 bridgehead atoms. The van der Waals surface area contributed by atoms with Crippen LogP contribution in [0.4, 0.5) is 0 Å². The molecule has 0 saturated heterocycles. The van der Waals surface area contributed by atoms with Crippen LogP contribution in [0.15, 0.2) is 47.6 Å². The average Bonchev–Trinajstić information content (AvgIpc) is 2.63. The number of ether oxygens (including phenoxy) is 1. The SMILES string of the molecule is CCOc1cc(/C=N\NC(=O)C(=O)NCc2ccc(Cl)cc2)ccc1O. The molecule has 0 unspecified atom stereocenters. The number of nitrogens with one attached hydrogen (secondary N) is 2. The predicted octanol–water partition coefficient (Wildman–Crippen LogP) is 2.21. The van der Waals surface area contributed by atoms with E-state index in [1.54, 1.807) is 43.3 Å². The molecule has 0 aliphatic carbocycles. The highest BCUT2D eigenvalue weighted by molar-refractivity contribution is 6.35. The first-order valence-electron chi connectivity index (χ1n) is 7.81. The lowest BCUT2D eigenvalue weighted by molar-refractivity contribution is -0.139. The summed E-state index contributed by atoms with van der Waals surface area (Å²) in [6.45, 7) is 2.39. The summed E-state index contributed by atoms with van der Waals surface area (Å²) in [6.07, 6.45) is 1.34. The normalized spacial score (nSPS) is 10.5. The minimum Gasteiger partial charge on any atom is -0.504 e. The van der Waals surface area contributed by atoms with Crippen molar-refractivity contribution in [2.75, 3.05) is 6.61 Å². The monoisotopic (exact) mass is 375 g/mol. The summed E-state index contributed by atoms with van der Waals surface area (Å²) in [7, 11) is 0. The number of phenols is 1. The van der Waals surface area contributed by atoms with Gasteiger partial charge in [-0.05, 0) is 48.4 Å². The van der Waals surface area contributed by atoms with E-state index >= 15 is 0 Å². The molecule has 3 N–H and O–H groups in total. The molecular formula is C18H18ClN3O4. The largest absolute Gasteiger partial charge is 0.504 e. The fourth-order valence-electron chi connectivity index (χ4n) is 1.96. The molecule has 26 heavy (non-hydrogen) atoms. The van der Waals surface area contributed by atoms with Gasteiger partial charge in [-0.3, -0.25) is 9.59 Å². The van der Waals surface area contributed by atoms with Gasteiger partial charge in [0.1, 0.15) is 0 Å². The number of hydrogen-bond acceptors (Lipinski definition) is 5. The first kappa shape index (κ1) is 19.3. The van der Waals surface area contributed by atoms with Gasteiger partial charge in [-0.1, -0.05) is 23.7 Å². The highest BCUT2D eigenvalue weighted by Gasteiger charge is 2.12. The van der Waals surface area contributed by atoms with Crippen molar-refractivity contribution >= 4 is 29.6 Å². The van der Waals surface area contributed by atoms with Crippen LogP contribution < -0.4 is 15.5 Å². The van der Waals surface area contributed by atoms with Crippen molar-refractivity contribution in [3.05, 3.63) is 58.6 Å². The Morgan fingerprint density at radius 2 is 1.92 bits per heavy atom. The summed E-state index contributed by atoms with van der Waals surface area (Å²) in [5, 5.41) is 16.4. The molecule has 2 aromatic carbocycles. The van der Waals surface area contributed by atoms with Crippen LogP contribution in [-0.4, -0.2) is 29.7 Å². The van der Waals surface area contributed by atoms with Crippen LogP contribution in [0.1, 0.15) is 18.1 Å². The third-order valence-corrected chi connectivity index (χ3v) is 3.49. The molecular weight excluding hydrogens is 358 g/mol. The standard InChI is InChI=1S/C18H18ClN3O4/c1-2-26-16-9-13(5-8-15(16)23)11-21-22-18(25)17(24)20-10-12-3-6-14(19)7-4-12/h3-9,11,23H,2,10H2,1H3,(H,20,24)(H,22,25)/b21-11-. The predicted molar refractivity (Wildman–Crippen MR) is 98.3 cm³/mol. The minimum atomic E-state index is -0.890. The summed E-state index contributed by atoms with van der Waals surface area (Å²) >= 11 is 5.78. The molecule has 2 aromatic rings. The number of hydrazone groups is 1. The molecule has 0 aromatic heterocycles. The van der Waals surface area contributed by atoms with Crippen LogP contribution in [0.25, 0.3) is 0 Å². The zero-order valence-corrected chi connectivity index (χ0v) is 14.8. The highest BCUT2D eigenvalue weighted by atomic mass is 35.5. The van der Waals surface area contributed by atoms with E-state index in [-0.39, 0.29) is 12.3 Å². The van der Waals surface area contributed by atoms with Crippen molar-refractivity contribution in [3.63, 3.8) is 0 Å². The van der Waals surface area contributed by atoms with E-state index in [0.29, 0.717) is 22.9 Å². The second-order valence-corrected chi connectivity index (χ2v) is 5.60. The van der Waals surface area contributed by atoms with Gasteiger partial charge in [-0.15, -0.1) is 0 Å². The number of carbonyl (C=O) groups is 2. The molecule has 0 radical (unpaired) electrons. The molecule has 136 valence electrons. The van der Waals surface area contributed by atoms with E-state index in [0.717, 1.165) is 5.56 Å². The molecule has 0 saturated carbocycles. The average molecular weight is 376 g/mol. The van der Waals surface area contributed by atoms with Gasteiger partial charge in [0.25, 0.3) is 0 Å². The van der Waals surface area contributed by atoms with Crippen LogP contribution in [-0.2, 0) is 16.1 Å². The van der Waals surface area contributed by atoms with Gasteiger partial charge in [0, 0.05) is 11.6 Å². The fourth-order valence-corrected chi connectivity index (χ4v) is 2.09. The van der Waals surface area contributed by atoms with E-state index in [9.17, 15) is 14.7 Å². The number of nitrogens with zero attached hydrogens (tertiary/aromatic N) is 1. The lowest BCUT2D eigenvalue weighted by atomic mass is 10.2. The number of carbonyl (C=O) groups excluding carboxylic acids is 2. The van der Waals surface area contributed by atoms with Gasteiger partial charge >= 0.3 is 11.8 Å². The van der Waals surface area contributed by atoms with E-state index in [4.69, 9.17) is 16.3 Å². The van der Waals surface area contributed by atoms with Crippen LogP contribution >= 0.6 is 11.6 Å². The molecule has 0 spiro atoms. The number of amides is 2. The van der Waals surface area contributed by atoms with Crippen molar-refractivity contribution in [2.24, 2.45) is 5.10 Å². The summed E-state index contributed by atoms with van der Waals surface area (Å²) < 4.78 is 5.25. The highest BCUT2D eigenvalue weighted by Crippen LogP contribution is 2.26. The van der Waals surface area contributed by atoms with Crippen molar-refractivity contribution < 1.29 is 19.4 Å². The Hall–Kier alpha value is -3.06. The lowest BCUT2D eigenvalue weighted by Gasteiger charge is -2.06. The Morgan fingerprint density at radius 1 is 1.19 bits per heavy atom. The maximum absolute atomic E-state index is 11.7. The number of halogens is 1. The van der Waals surface area contributed by atoms with E-state index in [1.807, 2.05) is 0 Å². The lowest BCUT2D eigenvalue weighted by Crippen LogP contribution is -2.37. The Kier molecular flexibility index (Phi) is 6.99. The van der Waals surface area contributed by atoms with Gasteiger partial charge in [0.05, 0.1) is 12.8 Å². The first-order valence-corrected chi connectivity index (χ1v) is 8.19. The smallest absolute Gasteiger partial charge is 0.329 e. The summed E-state index contributed by atoms with van der Waals surface area (Å²) in [5.74, 6) is -1.38. The molecule has 8 heteroatoms. The Morgan fingerprint density at radius 3 is 2.62 bits per heavy atom. The minimum absolute atomic E-state index is 0.00890. The van der Waals surface area contributed by atoms with Crippen LogP contribution in [0.5, 0.6) is 11.5 Å². The zero-order chi connectivity index (χ0) is 18.9. The van der Waals surface area contributed by atoms with Gasteiger partial charge in [0.2, 0.25) is 0 Å². The Balaban J connectivity index is 1.85. The maximum Gasteiger partial charge on any atom is 0.329 e. The second-order valence-electron chi connectivity index (χ2n) is 5.17. The number of phenolic OH excluding ortho intramolecular Hbond substituents is 1. The van der Waals surface area contributed by atoms with Crippen LogP contribution in [0.3, 0.4) is 0 Å². The van der Waals surface area contributed by atoms with Crippen molar-refractivity contribution in [1.29, 1.82) is 0 Å². The summed E-state index contributed by atoms with van der Waals surface area (Å²) in [4.78, 5) is 23.4. The first-order chi connectivity index (χ1) is 12.5. The third kappa shape index (κ3) is 5.78. The third-order valence-electron chi connectivity index (χ3n) is 3.24. The van der Waals surface area contributed by atoms with Gasteiger partial charge < -0.3 is 15.2 Å². The van der Waals surface area contributed by atoms with Crippen molar-refractivity contribution in [3.8, 4) is 11.5 Å². The van der Waals surface area contributed by atoms with Crippen LogP contribution in [0.2, 0.25) is 5.02 Å². The van der Waals surface area contributed by atoms with E-state index < -0.39 is 11.8 Å². The summed E-state index contributed by atoms with van der Waals surface area (Å²) in [5.41, 5.74) is 3.54. The van der Waals surface area contributed by atoms with Crippen LogP contribution in [0, 0.1) is 0 Å². The molecule has 2 rings (SSSR count). The molecule has 2 amide bonds. The van der Waals surface area contributed by atoms with Crippen molar-refractivity contribution in [1.82, 2.24) is 10.7 Å². The molecule has 0 heterocycles. The Bertz CT molecular complexity index is 807. The van der Waals surface area contributed by atoms with E-state index in [2.05, 4.69) is 15.8 Å².